The molecule has 0 bridgehead atoms. The van der Waals surface area contributed by atoms with Crippen molar-refractivity contribution in [1.82, 2.24) is 0 Å². The molecule has 0 aliphatic carbocycles. The molecule has 0 unspecified atom stereocenters. The van der Waals surface area contributed by atoms with Crippen molar-refractivity contribution in [3.8, 4) is 11.1 Å². The van der Waals surface area contributed by atoms with Crippen LogP contribution in [0.2, 0.25) is 0 Å². The van der Waals surface area contributed by atoms with Crippen molar-refractivity contribution >= 4 is 77.6 Å². The summed E-state index contributed by atoms with van der Waals surface area (Å²) in [6.07, 6.45) is 5.89. The molecule has 9 aromatic carbocycles. The van der Waals surface area contributed by atoms with E-state index in [1.807, 2.05) is 12.2 Å². The molecule has 0 radical (unpaired) electrons. The van der Waals surface area contributed by atoms with Gasteiger partial charge in [0.25, 0.3) is 0 Å². The molecule has 0 saturated heterocycles. The number of hydrogen-bond acceptors (Lipinski definition) is 2. The first-order valence-electron chi connectivity index (χ1n) is 17.9. The highest BCUT2D eigenvalue weighted by Crippen LogP contribution is 2.44. The van der Waals surface area contributed by atoms with Gasteiger partial charge in [-0.2, -0.15) is 0 Å². The summed E-state index contributed by atoms with van der Waals surface area (Å²) in [5.74, 6) is 0. The third-order valence-electron chi connectivity index (χ3n) is 10.5. The zero-order chi connectivity index (χ0) is 35.2. The van der Waals surface area contributed by atoms with Crippen LogP contribution in [0.15, 0.2) is 183 Å². The van der Waals surface area contributed by atoms with E-state index in [0.717, 1.165) is 22.7 Å². The maximum absolute atomic E-state index is 3.82. The molecular formula is C50H38N2. The fourth-order valence-electron chi connectivity index (χ4n) is 7.92. The van der Waals surface area contributed by atoms with Gasteiger partial charge in [-0.25, -0.2) is 0 Å². The molecule has 2 heteroatoms. The highest BCUT2D eigenvalue weighted by molar-refractivity contribution is 6.34. The Kier molecular flexibility index (Phi) is 7.79. The predicted octanol–water partition coefficient (Wildman–Crippen LogP) is 14.1. The number of rotatable bonds is 8. The fraction of sp³-hybridized carbons (Fsp3) is 0.0400. The smallest absolute Gasteiger partial charge is 0.0488 e. The van der Waals surface area contributed by atoms with Crippen molar-refractivity contribution in [1.29, 1.82) is 0 Å². The third-order valence-corrected chi connectivity index (χ3v) is 10.5. The van der Waals surface area contributed by atoms with Gasteiger partial charge in [0, 0.05) is 40.9 Å². The summed E-state index contributed by atoms with van der Waals surface area (Å²) in [6, 6.07) is 59.7. The molecule has 9 rings (SSSR count). The zero-order valence-corrected chi connectivity index (χ0v) is 29.4. The summed E-state index contributed by atoms with van der Waals surface area (Å²) >= 11 is 0. The van der Waals surface area contributed by atoms with Crippen LogP contribution in [0.4, 0.5) is 28.4 Å². The molecule has 0 N–H and O–H groups in total. The lowest BCUT2D eigenvalue weighted by Gasteiger charge is -2.26. The molecule has 0 aliphatic heterocycles. The standard InChI is InChI=1S/C50H38N2/c1-4-5-12-35-21-30-42(33-34(35)2)52(40-15-7-6-8-16-40)41-28-24-37(25-29-41)36-22-26-39(27-23-36)51(3)48-32-31-46-44-18-10-14-38-13-9-17-43(49(38)44)45-19-11-20-47(48)50(45)46/h4-33H,1H2,2-3H3/b12-5-. The second-order valence-electron chi connectivity index (χ2n) is 13.5. The van der Waals surface area contributed by atoms with Gasteiger partial charge >= 0.3 is 0 Å². The molecule has 0 fully saturated rings. The van der Waals surface area contributed by atoms with Gasteiger partial charge in [-0.15, -0.1) is 0 Å². The van der Waals surface area contributed by atoms with E-state index in [0.29, 0.717) is 0 Å². The Morgan fingerprint density at radius 1 is 0.481 bits per heavy atom. The van der Waals surface area contributed by atoms with Crippen LogP contribution in [0.5, 0.6) is 0 Å². The molecular weight excluding hydrogens is 629 g/mol. The fourth-order valence-corrected chi connectivity index (χ4v) is 7.92. The second kappa shape index (κ2) is 12.9. The molecule has 0 spiro atoms. The van der Waals surface area contributed by atoms with E-state index in [9.17, 15) is 0 Å². The number of aryl methyl sites for hydroxylation is 1. The molecule has 2 nitrogen and oxygen atoms in total. The van der Waals surface area contributed by atoms with Crippen molar-refractivity contribution in [3.63, 3.8) is 0 Å². The summed E-state index contributed by atoms with van der Waals surface area (Å²) in [6.45, 7) is 5.98. The number of hydrogen-bond donors (Lipinski definition) is 0. The first-order valence-corrected chi connectivity index (χ1v) is 17.9. The minimum Gasteiger partial charge on any atom is -0.344 e. The van der Waals surface area contributed by atoms with E-state index >= 15 is 0 Å². The highest BCUT2D eigenvalue weighted by atomic mass is 15.1. The van der Waals surface area contributed by atoms with Crippen LogP contribution >= 0.6 is 0 Å². The number of para-hydroxylation sites is 1. The third kappa shape index (κ3) is 5.28. The van der Waals surface area contributed by atoms with Gasteiger partial charge in [0.05, 0.1) is 0 Å². The maximum atomic E-state index is 3.82. The summed E-state index contributed by atoms with van der Waals surface area (Å²) < 4.78 is 0. The highest BCUT2D eigenvalue weighted by Gasteiger charge is 2.17. The first-order chi connectivity index (χ1) is 25.6. The van der Waals surface area contributed by atoms with Gasteiger partial charge in [-0.05, 0) is 121 Å². The molecule has 0 atom stereocenters. The Hall–Kier alpha value is -6.64. The van der Waals surface area contributed by atoms with Gasteiger partial charge in [-0.1, -0.05) is 134 Å². The number of nitrogens with zero attached hydrogens (tertiary/aromatic N) is 2. The van der Waals surface area contributed by atoms with Crippen molar-refractivity contribution in [2.45, 2.75) is 6.92 Å². The van der Waals surface area contributed by atoms with Crippen LogP contribution < -0.4 is 9.80 Å². The largest absolute Gasteiger partial charge is 0.344 e. The molecule has 248 valence electrons. The second-order valence-corrected chi connectivity index (χ2v) is 13.5. The Morgan fingerprint density at radius 3 is 1.69 bits per heavy atom. The quantitative estimate of drug-likeness (QED) is 0.0905. The van der Waals surface area contributed by atoms with Crippen molar-refractivity contribution < 1.29 is 0 Å². The lowest BCUT2D eigenvalue weighted by Crippen LogP contribution is -2.10. The Morgan fingerprint density at radius 2 is 1.04 bits per heavy atom. The lowest BCUT2D eigenvalue weighted by atomic mass is 9.89. The monoisotopic (exact) mass is 666 g/mol. The van der Waals surface area contributed by atoms with Crippen LogP contribution in [0.25, 0.3) is 60.3 Å². The minimum atomic E-state index is 1.11. The van der Waals surface area contributed by atoms with Crippen molar-refractivity contribution in [2.75, 3.05) is 16.8 Å². The summed E-state index contributed by atoms with van der Waals surface area (Å²) in [5.41, 5.74) is 10.5. The van der Waals surface area contributed by atoms with Crippen molar-refractivity contribution in [2.24, 2.45) is 0 Å². The first kappa shape index (κ1) is 31.3. The predicted molar refractivity (Wildman–Crippen MR) is 226 cm³/mol. The Bertz CT molecular complexity index is 2710. The van der Waals surface area contributed by atoms with E-state index in [1.54, 1.807) is 0 Å². The molecule has 0 amide bonds. The van der Waals surface area contributed by atoms with Gasteiger partial charge < -0.3 is 9.80 Å². The SMILES string of the molecule is C=C/C=C\c1ccc(N(c2ccccc2)c2ccc(-c3ccc(N(C)c4ccc5c6cccc7cccc(c8cccc4c85)c76)cc3)cc2)cc1C. The van der Waals surface area contributed by atoms with Gasteiger partial charge in [0.1, 0.15) is 0 Å². The van der Waals surface area contributed by atoms with E-state index in [-0.39, 0.29) is 0 Å². The topological polar surface area (TPSA) is 6.48 Å². The van der Waals surface area contributed by atoms with Crippen LogP contribution in [0.3, 0.4) is 0 Å². The normalized spacial score (nSPS) is 11.7. The molecule has 9 aromatic rings. The summed E-state index contributed by atoms with van der Waals surface area (Å²) in [5, 5.41) is 10.5. The van der Waals surface area contributed by atoms with Gasteiger partial charge in [0.15, 0.2) is 0 Å². The van der Waals surface area contributed by atoms with Crippen LogP contribution in [-0.2, 0) is 0 Å². The average molecular weight is 667 g/mol. The Balaban J connectivity index is 1.03. The molecule has 52 heavy (non-hydrogen) atoms. The number of allylic oxidation sites excluding steroid dienone is 2. The van der Waals surface area contributed by atoms with Gasteiger partial charge in [-0.3, -0.25) is 0 Å². The van der Waals surface area contributed by atoms with Crippen LogP contribution in [-0.4, -0.2) is 7.05 Å². The zero-order valence-electron chi connectivity index (χ0n) is 29.4. The number of anilines is 5. The van der Waals surface area contributed by atoms with Gasteiger partial charge in [0.2, 0.25) is 0 Å². The number of benzene rings is 9. The Labute approximate surface area is 305 Å². The maximum Gasteiger partial charge on any atom is 0.0488 e. The molecule has 0 saturated carbocycles. The lowest BCUT2D eigenvalue weighted by molar-refractivity contribution is 1.22. The molecule has 0 aromatic heterocycles. The average Bonchev–Trinajstić information content (AvgIpc) is 3.20. The van der Waals surface area contributed by atoms with E-state index in [2.05, 4.69) is 200 Å². The summed E-state index contributed by atoms with van der Waals surface area (Å²) in [7, 11) is 2.17. The molecule has 0 aliphatic rings. The minimum absolute atomic E-state index is 1.11. The van der Waals surface area contributed by atoms with Crippen LogP contribution in [0, 0.1) is 6.92 Å². The van der Waals surface area contributed by atoms with E-state index in [1.165, 1.54) is 71.0 Å². The van der Waals surface area contributed by atoms with Crippen LogP contribution in [0.1, 0.15) is 11.1 Å². The number of fused-ring (bicyclic) bond motifs is 2. The summed E-state index contributed by atoms with van der Waals surface area (Å²) in [4.78, 5) is 4.63. The van der Waals surface area contributed by atoms with E-state index < -0.39 is 0 Å². The van der Waals surface area contributed by atoms with Crippen molar-refractivity contribution in [3.05, 3.63) is 194 Å². The molecule has 0 heterocycles. The van der Waals surface area contributed by atoms with E-state index in [4.69, 9.17) is 0 Å².